The predicted molar refractivity (Wildman–Crippen MR) is 105 cm³/mol. The second-order valence-corrected chi connectivity index (χ2v) is 8.13. The first-order valence-electron chi connectivity index (χ1n) is 8.01. The quantitative estimate of drug-likeness (QED) is 0.543. The van der Waals surface area contributed by atoms with Gasteiger partial charge in [0.25, 0.3) is 0 Å². The van der Waals surface area contributed by atoms with Gasteiger partial charge in [0.2, 0.25) is 0 Å². The summed E-state index contributed by atoms with van der Waals surface area (Å²) in [7, 11) is 0. The average Bonchev–Trinajstić information content (AvgIpc) is 3.08. The molecule has 4 nitrogen and oxygen atoms in total. The summed E-state index contributed by atoms with van der Waals surface area (Å²) in [5.74, 6) is 0.855. The summed E-state index contributed by atoms with van der Waals surface area (Å²) in [6.07, 6.45) is 4.64. The molecule has 2 aliphatic rings. The molecule has 0 unspecified atom stereocenters. The average molecular weight is 369 g/mol. The lowest BCUT2D eigenvalue weighted by atomic mass is 10.1. The number of anilines is 2. The molecule has 25 heavy (non-hydrogen) atoms. The Morgan fingerprint density at radius 2 is 2.08 bits per heavy atom. The number of aromatic nitrogens is 2. The van der Waals surface area contributed by atoms with Crippen LogP contribution in [0.5, 0.6) is 0 Å². The molecule has 1 N–H and O–H groups in total. The van der Waals surface area contributed by atoms with Gasteiger partial charge in [-0.3, -0.25) is 4.90 Å². The van der Waals surface area contributed by atoms with Gasteiger partial charge in [0, 0.05) is 41.8 Å². The van der Waals surface area contributed by atoms with Gasteiger partial charge in [-0.25, -0.2) is 9.97 Å². The fourth-order valence-electron chi connectivity index (χ4n) is 3.26. The second kappa shape index (κ2) is 6.78. The van der Waals surface area contributed by atoms with Crippen LogP contribution in [0.1, 0.15) is 23.4 Å². The van der Waals surface area contributed by atoms with Crippen molar-refractivity contribution in [1.82, 2.24) is 14.9 Å². The Hall–Kier alpha value is -1.89. The van der Waals surface area contributed by atoms with E-state index >= 15 is 0 Å². The van der Waals surface area contributed by atoms with Crippen LogP contribution >= 0.6 is 23.1 Å². The Bertz CT molecular complexity index is 906. The summed E-state index contributed by atoms with van der Waals surface area (Å²) >= 11 is 3.56. The Morgan fingerprint density at radius 3 is 3.04 bits per heavy atom. The third kappa shape index (κ3) is 3.17. The van der Waals surface area contributed by atoms with E-state index in [1.807, 2.05) is 11.3 Å². The molecule has 0 amide bonds. The molecule has 4 heterocycles. The minimum atomic E-state index is 0. The van der Waals surface area contributed by atoms with Crippen molar-refractivity contribution in [2.24, 2.45) is 0 Å². The summed E-state index contributed by atoms with van der Waals surface area (Å²) in [5.41, 5.74) is 4.02. The predicted octanol–water partition coefficient (Wildman–Crippen LogP) is 4.94. The van der Waals surface area contributed by atoms with Crippen LogP contribution < -0.4 is 5.32 Å². The topological polar surface area (TPSA) is 41.1 Å². The lowest BCUT2D eigenvalue weighted by molar-refractivity contribution is 0.249. The highest BCUT2D eigenvalue weighted by molar-refractivity contribution is 7.99. The Balaban J connectivity index is 0.00000157. The monoisotopic (exact) mass is 368 g/mol. The van der Waals surface area contributed by atoms with Crippen molar-refractivity contribution in [1.29, 1.82) is 0 Å². The van der Waals surface area contributed by atoms with E-state index in [9.17, 15) is 0 Å². The molecule has 5 rings (SSSR count). The molecule has 3 aromatic rings. The SMILES string of the molecule is C.c1cnc2c(n1)Nc1cc(CN3CCc4ccsc4C3)ccc1S2. The fraction of sp³-hybridized carbons (Fsp3) is 0.263. The van der Waals surface area contributed by atoms with Crippen LogP contribution in [0.25, 0.3) is 0 Å². The minimum Gasteiger partial charge on any atom is -0.337 e. The van der Waals surface area contributed by atoms with Gasteiger partial charge in [0.15, 0.2) is 5.82 Å². The molecule has 6 heteroatoms. The van der Waals surface area contributed by atoms with Crippen LogP contribution in [0.15, 0.2) is 52.0 Å². The summed E-state index contributed by atoms with van der Waals surface area (Å²) in [4.78, 5) is 14.0. The van der Waals surface area contributed by atoms with Gasteiger partial charge >= 0.3 is 0 Å². The highest BCUT2D eigenvalue weighted by Gasteiger charge is 2.20. The largest absolute Gasteiger partial charge is 0.337 e. The lowest BCUT2D eigenvalue weighted by Crippen LogP contribution is -2.29. The van der Waals surface area contributed by atoms with Gasteiger partial charge in [-0.2, -0.15) is 0 Å². The molecule has 0 saturated heterocycles. The van der Waals surface area contributed by atoms with Crippen molar-refractivity contribution in [3.8, 4) is 0 Å². The molecular weight excluding hydrogens is 348 g/mol. The van der Waals surface area contributed by atoms with E-state index in [4.69, 9.17) is 0 Å². The van der Waals surface area contributed by atoms with Gasteiger partial charge in [-0.15, -0.1) is 11.3 Å². The molecule has 0 fully saturated rings. The summed E-state index contributed by atoms with van der Waals surface area (Å²) in [5, 5.41) is 6.58. The second-order valence-electron chi connectivity index (χ2n) is 6.10. The highest BCUT2D eigenvalue weighted by Crippen LogP contribution is 2.42. The number of fused-ring (bicyclic) bond motifs is 3. The number of rotatable bonds is 2. The number of hydrogen-bond donors (Lipinski definition) is 1. The molecular formula is C19H20N4S2. The van der Waals surface area contributed by atoms with Crippen molar-refractivity contribution in [3.05, 3.63) is 58.0 Å². The van der Waals surface area contributed by atoms with Crippen molar-refractivity contribution >= 4 is 34.6 Å². The molecule has 0 radical (unpaired) electrons. The van der Waals surface area contributed by atoms with Crippen LogP contribution in [-0.4, -0.2) is 21.4 Å². The molecule has 0 aliphatic carbocycles. The van der Waals surface area contributed by atoms with Crippen molar-refractivity contribution in [3.63, 3.8) is 0 Å². The third-order valence-corrected chi connectivity index (χ3v) is 6.49. The normalized spacial score (nSPS) is 15.4. The summed E-state index contributed by atoms with van der Waals surface area (Å²) in [6.45, 7) is 3.20. The third-order valence-electron chi connectivity index (χ3n) is 4.48. The van der Waals surface area contributed by atoms with Gasteiger partial charge < -0.3 is 5.32 Å². The number of benzene rings is 1. The van der Waals surface area contributed by atoms with Crippen molar-refractivity contribution in [2.45, 2.75) is 36.9 Å². The van der Waals surface area contributed by atoms with Crippen LogP contribution in [0.4, 0.5) is 11.5 Å². The number of nitrogens with one attached hydrogen (secondary N) is 1. The van der Waals surface area contributed by atoms with Gasteiger partial charge in [0.1, 0.15) is 5.03 Å². The molecule has 2 aromatic heterocycles. The Kier molecular flexibility index (Phi) is 4.50. The van der Waals surface area contributed by atoms with E-state index in [-0.39, 0.29) is 7.43 Å². The Labute approximate surface area is 156 Å². The molecule has 0 saturated carbocycles. The maximum absolute atomic E-state index is 4.38. The summed E-state index contributed by atoms with van der Waals surface area (Å²) < 4.78 is 0. The lowest BCUT2D eigenvalue weighted by Gasteiger charge is -2.27. The van der Waals surface area contributed by atoms with Crippen molar-refractivity contribution in [2.75, 3.05) is 11.9 Å². The maximum Gasteiger partial charge on any atom is 0.163 e. The van der Waals surface area contributed by atoms with Gasteiger partial charge in [-0.1, -0.05) is 25.3 Å². The van der Waals surface area contributed by atoms with E-state index in [2.05, 4.69) is 49.8 Å². The highest BCUT2D eigenvalue weighted by atomic mass is 32.2. The first-order chi connectivity index (χ1) is 11.8. The van der Waals surface area contributed by atoms with Crippen LogP contribution in [0.2, 0.25) is 0 Å². The van der Waals surface area contributed by atoms with E-state index in [1.165, 1.54) is 27.3 Å². The molecule has 0 atom stereocenters. The first-order valence-corrected chi connectivity index (χ1v) is 9.71. The molecule has 2 aliphatic heterocycles. The van der Waals surface area contributed by atoms with Gasteiger partial charge in [-0.05, 0) is 41.1 Å². The first kappa shape index (κ1) is 16.6. The standard InChI is InChI=1S/C18H16N4S2.CH4/c1-2-15-14(21-17-18(24-15)20-6-5-19-17)9-12(1)10-22-7-3-13-4-8-23-16(13)11-22;/h1-2,4-6,8-9H,3,7,10-11H2,(H,19,21);1H4. The number of nitrogens with zero attached hydrogens (tertiary/aromatic N) is 3. The van der Waals surface area contributed by atoms with E-state index in [1.54, 1.807) is 24.2 Å². The molecule has 128 valence electrons. The van der Waals surface area contributed by atoms with Crippen LogP contribution in [0, 0.1) is 0 Å². The fourth-order valence-corrected chi connectivity index (χ4v) is 5.12. The van der Waals surface area contributed by atoms with E-state index in [0.29, 0.717) is 0 Å². The molecule has 0 spiro atoms. The maximum atomic E-state index is 4.38. The van der Waals surface area contributed by atoms with Crippen LogP contribution in [0.3, 0.4) is 0 Å². The van der Waals surface area contributed by atoms with Crippen LogP contribution in [-0.2, 0) is 19.5 Å². The zero-order valence-corrected chi connectivity index (χ0v) is 14.7. The van der Waals surface area contributed by atoms with Crippen molar-refractivity contribution < 1.29 is 0 Å². The number of thiophene rings is 1. The number of hydrogen-bond acceptors (Lipinski definition) is 6. The van der Waals surface area contributed by atoms with E-state index < -0.39 is 0 Å². The minimum absolute atomic E-state index is 0. The molecule has 1 aromatic carbocycles. The summed E-state index contributed by atoms with van der Waals surface area (Å²) in [6, 6.07) is 8.96. The molecule has 0 bridgehead atoms. The van der Waals surface area contributed by atoms with Gasteiger partial charge in [0.05, 0.1) is 5.69 Å². The Morgan fingerprint density at radius 1 is 1.16 bits per heavy atom. The zero-order chi connectivity index (χ0) is 15.9. The smallest absolute Gasteiger partial charge is 0.163 e. The zero-order valence-electron chi connectivity index (χ0n) is 13.0. The van der Waals surface area contributed by atoms with E-state index in [0.717, 1.165) is 36.2 Å².